The Balaban J connectivity index is 2.14. The number of aromatic nitrogens is 3. The fourth-order valence-corrected chi connectivity index (χ4v) is 4.69. The Kier molecular flexibility index (Phi) is 2.46. The van der Waals surface area contributed by atoms with Gasteiger partial charge in [0.1, 0.15) is 0 Å². The van der Waals surface area contributed by atoms with Crippen molar-refractivity contribution < 1.29 is 0 Å². The summed E-state index contributed by atoms with van der Waals surface area (Å²) < 4.78 is 4.64. The number of rotatable bonds is 1. The third-order valence-electron chi connectivity index (χ3n) is 6.61. The molecule has 5 nitrogen and oxygen atoms in total. The molecule has 5 heteroatoms. The molecule has 2 bridgehead atoms. The maximum atomic E-state index is 13.1. The molecule has 1 aromatic heterocycles. The highest BCUT2D eigenvalue weighted by atomic mass is 16.2. The number of fused-ring (bicyclic) bond motifs is 5. The van der Waals surface area contributed by atoms with Crippen molar-refractivity contribution in [1.29, 1.82) is 0 Å². The molecule has 23 heavy (non-hydrogen) atoms. The average Bonchev–Trinajstić information content (AvgIpc) is 2.96. The number of nitrogens with zero attached hydrogens (tertiary/aromatic N) is 3. The van der Waals surface area contributed by atoms with Crippen LogP contribution in [-0.2, 0) is 11.1 Å². The van der Waals surface area contributed by atoms with E-state index < -0.39 is 11.1 Å². The van der Waals surface area contributed by atoms with Crippen LogP contribution < -0.4 is 11.4 Å². The zero-order valence-corrected chi connectivity index (χ0v) is 14.1. The minimum Gasteiger partial charge on any atom is -0.245 e. The Bertz CT molecular complexity index is 918. The molecular formula is C18H21N3O2. The fourth-order valence-electron chi connectivity index (χ4n) is 4.69. The van der Waals surface area contributed by atoms with Gasteiger partial charge in [-0.1, -0.05) is 25.1 Å². The summed E-state index contributed by atoms with van der Waals surface area (Å²) in [5, 5.41) is 0. The van der Waals surface area contributed by atoms with Crippen LogP contribution in [0.2, 0.25) is 0 Å². The van der Waals surface area contributed by atoms with E-state index >= 15 is 0 Å². The first kappa shape index (κ1) is 14.3. The van der Waals surface area contributed by atoms with Gasteiger partial charge < -0.3 is 0 Å². The van der Waals surface area contributed by atoms with E-state index in [4.69, 9.17) is 0 Å². The molecule has 0 N–H and O–H groups in total. The summed E-state index contributed by atoms with van der Waals surface area (Å²) in [6, 6.07) is 9.14. The second kappa shape index (κ2) is 3.96. The Morgan fingerprint density at radius 1 is 0.870 bits per heavy atom. The van der Waals surface area contributed by atoms with E-state index in [2.05, 4.69) is 34.6 Å². The lowest BCUT2D eigenvalue weighted by molar-refractivity contribution is 0.266. The van der Waals surface area contributed by atoms with Crippen molar-refractivity contribution in [2.75, 3.05) is 0 Å². The molecule has 4 rings (SSSR count). The van der Waals surface area contributed by atoms with E-state index in [9.17, 15) is 9.59 Å². The smallest absolute Gasteiger partial charge is 0.245 e. The highest BCUT2D eigenvalue weighted by Gasteiger charge is 2.63. The fraction of sp³-hybridized carbons (Fsp3) is 0.444. The van der Waals surface area contributed by atoms with E-state index in [1.54, 1.807) is 21.5 Å². The second-order valence-corrected chi connectivity index (χ2v) is 7.13. The van der Waals surface area contributed by atoms with Gasteiger partial charge in [0, 0.05) is 5.92 Å². The summed E-state index contributed by atoms with van der Waals surface area (Å²) in [6.07, 6.45) is 0. The summed E-state index contributed by atoms with van der Waals surface area (Å²) in [4.78, 5) is 26.2. The number of para-hydroxylation sites is 1. The number of allylic oxidation sites excluding steroid dienone is 2. The minimum atomic E-state index is -0.449. The van der Waals surface area contributed by atoms with Crippen LogP contribution in [-0.4, -0.2) is 13.9 Å². The summed E-state index contributed by atoms with van der Waals surface area (Å²) in [7, 11) is 0. The van der Waals surface area contributed by atoms with Gasteiger partial charge in [-0.25, -0.2) is 23.5 Å². The van der Waals surface area contributed by atoms with Gasteiger partial charge in [-0.05, 0) is 51.0 Å². The van der Waals surface area contributed by atoms with Crippen molar-refractivity contribution in [3.05, 3.63) is 62.4 Å². The first-order chi connectivity index (χ1) is 10.8. The van der Waals surface area contributed by atoms with Gasteiger partial charge >= 0.3 is 11.4 Å². The molecule has 2 aromatic rings. The molecule has 0 saturated carbocycles. The van der Waals surface area contributed by atoms with Crippen LogP contribution in [0.5, 0.6) is 0 Å². The van der Waals surface area contributed by atoms with Crippen LogP contribution in [0.4, 0.5) is 0 Å². The molecular weight excluding hydrogens is 290 g/mol. The first-order valence-corrected chi connectivity index (χ1v) is 7.99. The number of hydrogen-bond acceptors (Lipinski definition) is 2. The Morgan fingerprint density at radius 3 is 1.74 bits per heavy atom. The quantitative estimate of drug-likeness (QED) is 0.758. The lowest BCUT2D eigenvalue weighted by Gasteiger charge is -2.29. The maximum Gasteiger partial charge on any atom is 0.352 e. The molecule has 3 atom stereocenters. The summed E-state index contributed by atoms with van der Waals surface area (Å²) in [5.74, 6) is 0.167. The molecule has 0 fully saturated rings. The standard InChI is InChI=1S/C18H21N3O2/c1-11-12(2)18(5)13(3)17(11,4)20-15(22)19(16(23)21(18)20)14-9-7-6-8-10-14/h6-10,13H,1-5H3/t13?,17-,18+. The number of hydrogen-bond donors (Lipinski definition) is 0. The summed E-state index contributed by atoms with van der Waals surface area (Å²) >= 11 is 0. The first-order valence-electron chi connectivity index (χ1n) is 7.99. The largest absolute Gasteiger partial charge is 0.352 e. The third kappa shape index (κ3) is 1.27. The van der Waals surface area contributed by atoms with E-state index in [0.717, 1.165) is 0 Å². The van der Waals surface area contributed by atoms with Gasteiger partial charge in [-0.3, -0.25) is 0 Å². The van der Waals surface area contributed by atoms with Crippen molar-refractivity contribution in [3.8, 4) is 5.69 Å². The molecule has 1 unspecified atom stereocenters. The van der Waals surface area contributed by atoms with Gasteiger partial charge in [0.25, 0.3) is 0 Å². The van der Waals surface area contributed by atoms with Crippen LogP contribution in [0.1, 0.15) is 34.6 Å². The zero-order chi connectivity index (χ0) is 16.7. The van der Waals surface area contributed by atoms with Crippen molar-refractivity contribution in [2.24, 2.45) is 5.92 Å². The number of benzene rings is 1. The Hall–Kier alpha value is -2.30. The molecule has 1 aliphatic carbocycles. The van der Waals surface area contributed by atoms with E-state index in [0.29, 0.717) is 5.69 Å². The monoisotopic (exact) mass is 311 g/mol. The SMILES string of the molecule is CC1=C(C)[C@]2(C)C(C)[C@@]1(C)n1c(=O)n(-c3ccccc3)c(=O)n12. The summed E-state index contributed by atoms with van der Waals surface area (Å²) in [6.45, 7) is 10.4. The molecule has 0 spiro atoms. The van der Waals surface area contributed by atoms with Gasteiger partial charge in [0.2, 0.25) is 0 Å². The third-order valence-corrected chi connectivity index (χ3v) is 6.61. The normalized spacial score (nSPS) is 31.8. The van der Waals surface area contributed by atoms with Crippen LogP contribution in [0.25, 0.3) is 5.69 Å². The van der Waals surface area contributed by atoms with Crippen LogP contribution in [0.15, 0.2) is 51.1 Å². The summed E-state index contributed by atoms with van der Waals surface area (Å²) in [5.41, 5.74) is 1.59. The second-order valence-electron chi connectivity index (χ2n) is 7.13. The van der Waals surface area contributed by atoms with Crippen molar-refractivity contribution in [2.45, 2.75) is 45.7 Å². The molecule has 120 valence electrons. The molecule has 0 radical (unpaired) electrons. The van der Waals surface area contributed by atoms with Gasteiger partial charge in [-0.15, -0.1) is 0 Å². The molecule has 2 aliphatic rings. The molecule has 0 saturated heterocycles. The zero-order valence-electron chi connectivity index (χ0n) is 14.1. The minimum absolute atomic E-state index is 0.167. The Morgan fingerprint density at radius 2 is 1.30 bits per heavy atom. The lowest BCUT2D eigenvalue weighted by atomic mass is 9.80. The highest BCUT2D eigenvalue weighted by molar-refractivity contribution is 5.42. The molecule has 0 amide bonds. The average molecular weight is 311 g/mol. The van der Waals surface area contributed by atoms with Crippen molar-refractivity contribution >= 4 is 0 Å². The van der Waals surface area contributed by atoms with Crippen LogP contribution in [0, 0.1) is 5.92 Å². The molecule has 1 aromatic carbocycles. The van der Waals surface area contributed by atoms with E-state index in [1.807, 2.05) is 18.2 Å². The van der Waals surface area contributed by atoms with E-state index in [-0.39, 0.29) is 17.3 Å². The van der Waals surface area contributed by atoms with Crippen LogP contribution >= 0.6 is 0 Å². The lowest BCUT2D eigenvalue weighted by Crippen LogP contribution is -2.41. The van der Waals surface area contributed by atoms with Crippen molar-refractivity contribution in [3.63, 3.8) is 0 Å². The van der Waals surface area contributed by atoms with E-state index in [1.165, 1.54) is 15.7 Å². The Labute approximate surface area is 134 Å². The predicted molar refractivity (Wildman–Crippen MR) is 89.1 cm³/mol. The molecule has 1 aliphatic heterocycles. The predicted octanol–water partition coefficient (Wildman–Crippen LogP) is 2.23. The van der Waals surface area contributed by atoms with Gasteiger partial charge in [0.05, 0.1) is 16.8 Å². The topological polar surface area (TPSA) is 48.9 Å². The highest BCUT2D eigenvalue weighted by Crippen LogP contribution is 2.58. The van der Waals surface area contributed by atoms with Gasteiger partial charge in [-0.2, -0.15) is 0 Å². The molecule has 2 heterocycles. The van der Waals surface area contributed by atoms with Crippen LogP contribution in [0.3, 0.4) is 0 Å². The van der Waals surface area contributed by atoms with Gasteiger partial charge in [0.15, 0.2) is 0 Å². The maximum absolute atomic E-state index is 13.1. The van der Waals surface area contributed by atoms with Crippen molar-refractivity contribution in [1.82, 2.24) is 13.9 Å².